The Morgan fingerprint density at radius 3 is 2.35 bits per heavy atom. The van der Waals surface area contributed by atoms with Crippen LogP contribution in [0.2, 0.25) is 10.0 Å². The molecule has 1 aliphatic heterocycles. The van der Waals surface area contributed by atoms with Crippen LogP contribution in [0.1, 0.15) is 40.4 Å². The molecule has 6 heteroatoms. The second-order valence-corrected chi connectivity index (χ2v) is 7.57. The molecule has 1 fully saturated rings. The smallest absolute Gasteiger partial charge is 0.337 e. The fourth-order valence-corrected chi connectivity index (χ4v) is 3.86. The van der Waals surface area contributed by atoms with E-state index < -0.39 is 12.1 Å². The number of carboxylic acids is 1. The lowest BCUT2D eigenvalue weighted by atomic mass is 9.87. The number of piperidine rings is 1. The first-order valence-corrected chi connectivity index (χ1v) is 9.37. The molecule has 1 saturated heterocycles. The van der Waals surface area contributed by atoms with E-state index in [2.05, 4.69) is 4.90 Å². The molecule has 0 radical (unpaired) electrons. The molecule has 2 aromatic rings. The Kier molecular flexibility index (Phi) is 6.20. The van der Waals surface area contributed by atoms with Crippen LogP contribution in [-0.4, -0.2) is 34.2 Å². The van der Waals surface area contributed by atoms with E-state index in [1.807, 2.05) is 18.2 Å². The number of aliphatic hydroxyl groups is 1. The van der Waals surface area contributed by atoms with Gasteiger partial charge in [0, 0.05) is 11.6 Å². The maximum Gasteiger partial charge on any atom is 0.337 e. The van der Waals surface area contributed by atoms with Gasteiger partial charge < -0.3 is 10.2 Å². The van der Waals surface area contributed by atoms with E-state index >= 15 is 0 Å². The lowest BCUT2D eigenvalue weighted by Gasteiger charge is -2.34. The molecular weight excluding hydrogens is 373 g/mol. The minimum atomic E-state index is -1.02. The van der Waals surface area contributed by atoms with Crippen LogP contribution >= 0.6 is 23.2 Å². The average Bonchev–Trinajstić information content (AvgIpc) is 2.62. The van der Waals surface area contributed by atoms with Crippen molar-refractivity contribution >= 4 is 29.2 Å². The number of nitrogens with zero attached hydrogens (tertiary/aromatic N) is 1. The molecule has 3 rings (SSSR count). The van der Waals surface area contributed by atoms with Gasteiger partial charge in [-0.3, -0.25) is 4.90 Å². The fourth-order valence-electron chi connectivity index (χ4n) is 3.45. The van der Waals surface area contributed by atoms with Crippen LogP contribution in [0.5, 0.6) is 0 Å². The lowest BCUT2D eigenvalue weighted by molar-refractivity contribution is 0.0568. The summed E-state index contributed by atoms with van der Waals surface area (Å²) in [5, 5.41) is 20.6. The molecule has 0 bridgehead atoms. The monoisotopic (exact) mass is 393 g/mol. The van der Waals surface area contributed by atoms with Crippen molar-refractivity contribution < 1.29 is 15.0 Å². The lowest BCUT2D eigenvalue weighted by Crippen LogP contribution is -2.35. The summed E-state index contributed by atoms with van der Waals surface area (Å²) in [5.74, 6) is -0.788. The van der Waals surface area contributed by atoms with Crippen molar-refractivity contribution in [3.05, 3.63) is 69.2 Å². The highest BCUT2D eigenvalue weighted by Gasteiger charge is 2.26. The van der Waals surface area contributed by atoms with Gasteiger partial charge >= 0.3 is 5.97 Å². The summed E-state index contributed by atoms with van der Waals surface area (Å²) in [6, 6.07) is 12.5. The zero-order valence-electron chi connectivity index (χ0n) is 14.2. The molecule has 0 aliphatic carbocycles. The summed E-state index contributed by atoms with van der Waals surface area (Å²) in [7, 11) is 0. The third-order valence-electron chi connectivity index (χ3n) is 4.96. The quantitative estimate of drug-likeness (QED) is 0.776. The average molecular weight is 394 g/mol. The Hall–Kier alpha value is -1.59. The minimum Gasteiger partial charge on any atom is -0.478 e. The van der Waals surface area contributed by atoms with Crippen LogP contribution in [0.4, 0.5) is 0 Å². The maximum absolute atomic E-state index is 11.0. The molecule has 1 aliphatic rings. The van der Waals surface area contributed by atoms with Crippen molar-refractivity contribution in [2.75, 3.05) is 13.1 Å². The van der Waals surface area contributed by atoms with Gasteiger partial charge in [-0.05, 0) is 67.2 Å². The summed E-state index contributed by atoms with van der Waals surface area (Å²) in [4.78, 5) is 13.3. The van der Waals surface area contributed by atoms with Gasteiger partial charge in [0.1, 0.15) is 0 Å². The minimum absolute atomic E-state index is 0.125. The number of benzene rings is 2. The van der Waals surface area contributed by atoms with Crippen LogP contribution in [0.3, 0.4) is 0 Å². The molecular formula is C20H21Cl2NO3. The van der Waals surface area contributed by atoms with Gasteiger partial charge in [-0.15, -0.1) is 0 Å². The van der Waals surface area contributed by atoms with Crippen LogP contribution in [0.25, 0.3) is 0 Å². The topological polar surface area (TPSA) is 60.8 Å². The van der Waals surface area contributed by atoms with Gasteiger partial charge in [0.15, 0.2) is 0 Å². The van der Waals surface area contributed by atoms with E-state index in [1.165, 1.54) is 0 Å². The Bertz CT molecular complexity index is 771. The van der Waals surface area contributed by atoms with Crippen LogP contribution < -0.4 is 0 Å². The van der Waals surface area contributed by atoms with Crippen LogP contribution in [0.15, 0.2) is 42.5 Å². The van der Waals surface area contributed by atoms with E-state index in [0.717, 1.165) is 43.6 Å². The van der Waals surface area contributed by atoms with Crippen molar-refractivity contribution in [1.29, 1.82) is 0 Å². The molecule has 0 spiro atoms. The third kappa shape index (κ3) is 4.57. The zero-order valence-corrected chi connectivity index (χ0v) is 15.7. The van der Waals surface area contributed by atoms with Crippen molar-refractivity contribution in [2.45, 2.75) is 25.5 Å². The van der Waals surface area contributed by atoms with E-state index in [-0.39, 0.29) is 16.5 Å². The van der Waals surface area contributed by atoms with Gasteiger partial charge in [0.2, 0.25) is 0 Å². The van der Waals surface area contributed by atoms with Gasteiger partial charge in [-0.25, -0.2) is 4.79 Å². The first kappa shape index (κ1) is 19.2. The summed E-state index contributed by atoms with van der Waals surface area (Å²) < 4.78 is 0. The van der Waals surface area contributed by atoms with Gasteiger partial charge in [0.05, 0.1) is 16.7 Å². The second-order valence-electron chi connectivity index (χ2n) is 6.73. The van der Waals surface area contributed by atoms with E-state index in [0.29, 0.717) is 5.02 Å². The Labute approximate surface area is 163 Å². The van der Waals surface area contributed by atoms with Gasteiger partial charge in [-0.2, -0.15) is 0 Å². The molecule has 1 unspecified atom stereocenters. The van der Waals surface area contributed by atoms with Crippen LogP contribution in [-0.2, 0) is 6.54 Å². The molecule has 138 valence electrons. The predicted molar refractivity (Wildman–Crippen MR) is 103 cm³/mol. The van der Waals surface area contributed by atoms with E-state index in [9.17, 15) is 9.90 Å². The molecule has 4 nitrogen and oxygen atoms in total. The highest BCUT2D eigenvalue weighted by Crippen LogP contribution is 2.32. The molecule has 0 aromatic heterocycles. The molecule has 0 amide bonds. The predicted octanol–water partition coefficient (Wildman–Crippen LogP) is 4.64. The van der Waals surface area contributed by atoms with Crippen molar-refractivity contribution in [3.8, 4) is 0 Å². The molecule has 2 N–H and O–H groups in total. The Balaban J connectivity index is 1.56. The Morgan fingerprint density at radius 1 is 1.12 bits per heavy atom. The van der Waals surface area contributed by atoms with Crippen molar-refractivity contribution in [3.63, 3.8) is 0 Å². The summed E-state index contributed by atoms with van der Waals surface area (Å²) >= 11 is 12.0. The molecule has 0 saturated carbocycles. The number of hydrogen-bond acceptors (Lipinski definition) is 3. The van der Waals surface area contributed by atoms with Crippen molar-refractivity contribution in [1.82, 2.24) is 4.90 Å². The Morgan fingerprint density at radius 2 is 1.77 bits per heavy atom. The summed E-state index contributed by atoms with van der Waals surface area (Å²) in [6.45, 7) is 2.49. The van der Waals surface area contributed by atoms with Crippen LogP contribution in [0, 0.1) is 5.92 Å². The highest BCUT2D eigenvalue weighted by atomic mass is 35.5. The zero-order chi connectivity index (χ0) is 18.7. The number of hydrogen-bond donors (Lipinski definition) is 2. The number of likely N-dealkylation sites (tertiary alicyclic amines) is 1. The first-order valence-electron chi connectivity index (χ1n) is 8.61. The number of rotatable bonds is 5. The first-order chi connectivity index (χ1) is 12.4. The summed E-state index contributed by atoms with van der Waals surface area (Å²) in [6.07, 6.45) is 1.34. The van der Waals surface area contributed by atoms with E-state index in [4.69, 9.17) is 28.3 Å². The van der Waals surface area contributed by atoms with Gasteiger partial charge in [-0.1, -0.05) is 41.4 Å². The third-order valence-corrected chi connectivity index (χ3v) is 5.53. The largest absolute Gasteiger partial charge is 0.478 e. The number of carbonyl (C=O) groups is 1. The normalized spacial score (nSPS) is 17.2. The molecule has 2 aromatic carbocycles. The molecule has 26 heavy (non-hydrogen) atoms. The summed E-state index contributed by atoms with van der Waals surface area (Å²) in [5.41, 5.74) is 2.03. The number of halogens is 2. The van der Waals surface area contributed by atoms with Crippen molar-refractivity contribution in [2.24, 2.45) is 5.92 Å². The SMILES string of the molecule is O=C(O)c1ccc(CN2CCC(C(O)c3ccc(Cl)cc3)CC2)cc1Cl. The van der Waals surface area contributed by atoms with E-state index in [1.54, 1.807) is 24.3 Å². The molecule has 1 atom stereocenters. The molecule has 1 heterocycles. The highest BCUT2D eigenvalue weighted by molar-refractivity contribution is 6.33. The number of aromatic carboxylic acids is 1. The fraction of sp³-hybridized carbons (Fsp3) is 0.350. The maximum atomic E-state index is 11.0. The second kappa shape index (κ2) is 8.40. The van der Waals surface area contributed by atoms with Gasteiger partial charge in [0.25, 0.3) is 0 Å². The number of carboxylic acid groups (broad SMARTS) is 1. The number of aliphatic hydroxyl groups excluding tert-OH is 1. The standard InChI is InChI=1S/C20H21Cl2NO3/c21-16-4-2-14(3-5-16)19(24)15-7-9-23(10-8-15)12-13-1-6-17(20(25)26)18(22)11-13/h1-6,11,15,19,24H,7-10,12H2,(H,25,26).